The molecule has 0 aliphatic rings. The maximum Gasteiger partial charge on any atom is 0.326 e. The van der Waals surface area contributed by atoms with Crippen molar-refractivity contribution in [3.05, 3.63) is 0 Å². The third-order valence-corrected chi connectivity index (χ3v) is 1.74. The summed E-state index contributed by atoms with van der Waals surface area (Å²) in [7, 11) is 0. The second kappa shape index (κ2) is 5.38. The smallest absolute Gasteiger partial charge is 0.326 e. The van der Waals surface area contributed by atoms with Crippen molar-refractivity contribution in [2.75, 3.05) is 6.61 Å². The number of hydrogen-bond donors (Lipinski definition) is 1. The minimum Gasteiger partial charge on any atom is -0.465 e. The summed E-state index contributed by atoms with van der Waals surface area (Å²) in [4.78, 5) is 10.8. The minimum absolute atomic E-state index is 0.290. The molecule has 0 radical (unpaired) electrons. The Morgan fingerprint density at radius 2 is 2.18 bits per heavy atom. The molecule has 66 valence electrons. The lowest BCUT2D eigenvalue weighted by Crippen LogP contribution is -2.30. The molecule has 4 heteroatoms. The molecule has 0 aromatic heterocycles. The van der Waals surface area contributed by atoms with Gasteiger partial charge in [0.15, 0.2) is 5.38 Å². The van der Waals surface area contributed by atoms with Crippen LogP contribution in [0, 0.1) is 0 Å². The number of aliphatic hydroxyl groups is 1. The molecule has 0 bridgehead atoms. The van der Waals surface area contributed by atoms with Crippen molar-refractivity contribution in [3.63, 3.8) is 0 Å². The number of aliphatic hydroxyl groups excluding tert-OH is 1. The first kappa shape index (κ1) is 10.7. The summed E-state index contributed by atoms with van der Waals surface area (Å²) in [6, 6.07) is 0. The summed E-state index contributed by atoms with van der Waals surface area (Å²) in [5.74, 6) is -0.552. The van der Waals surface area contributed by atoms with Crippen LogP contribution in [0.5, 0.6) is 0 Å². The molecule has 0 unspecified atom stereocenters. The van der Waals surface area contributed by atoms with Gasteiger partial charge in [-0.2, -0.15) is 0 Å². The Balaban J connectivity index is 3.80. The van der Waals surface area contributed by atoms with Crippen molar-refractivity contribution in [3.8, 4) is 0 Å². The van der Waals surface area contributed by atoms with E-state index in [0.29, 0.717) is 13.0 Å². The highest BCUT2D eigenvalue weighted by Crippen LogP contribution is 2.08. The van der Waals surface area contributed by atoms with Gasteiger partial charge in [0, 0.05) is 0 Å². The molecule has 2 atom stereocenters. The van der Waals surface area contributed by atoms with E-state index in [4.69, 9.17) is 16.7 Å². The second-order valence-electron chi connectivity index (χ2n) is 2.13. The Morgan fingerprint density at radius 1 is 1.64 bits per heavy atom. The van der Waals surface area contributed by atoms with Crippen molar-refractivity contribution < 1.29 is 14.6 Å². The van der Waals surface area contributed by atoms with E-state index in [2.05, 4.69) is 4.74 Å². The molecule has 0 amide bonds. The van der Waals surface area contributed by atoms with Crippen molar-refractivity contribution in [1.29, 1.82) is 0 Å². The van der Waals surface area contributed by atoms with Gasteiger partial charge in [0.05, 0.1) is 12.7 Å². The lowest BCUT2D eigenvalue weighted by Gasteiger charge is -2.12. The van der Waals surface area contributed by atoms with Crippen LogP contribution in [-0.2, 0) is 9.53 Å². The molecule has 0 heterocycles. The molecular formula is C7H13ClO3. The maximum absolute atomic E-state index is 10.8. The van der Waals surface area contributed by atoms with Crippen LogP contribution in [0.2, 0.25) is 0 Å². The summed E-state index contributed by atoms with van der Waals surface area (Å²) in [5, 5.41) is 8.16. The third-order valence-electron chi connectivity index (χ3n) is 1.27. The monoisotopic (exact) mass is 180 g/mol. The second-order valence-corrected chi connectivity index (χ2v) is 2.60. The lowest BCUT2D eigenvalue weighted by atomic mass is 10.2. The predicted molar refractivity (Wildman–Crippen MR) is 42.6 cm³/mol. The number of rotatable bonds is 4. The van der Waals surface area contributed by atoms with Crippen molar-refractivity contribution >= 4 is 17.6 Å². The molecule has 11 heavy (non-hydrogen) atoms. The van der Waals surface area contributed by atoms with E-state index in [1.54, 1.807) is 13.8 Å². The van der Waals surface area contributed by atoms with Crippen molar-refractivity contribution in [2.24, 2.45) is 0 Å². The van der Waals surface area contributed by atoms with Crippen LogP contribution in [0.25, 0.3) is 0 Å². The van der Waals surface area contributed by atoms with Gasteiger partial charge in [0.2, 0.25) is 0 Å². The fourth-order valence-corrected chi connectivity index (χ4v) is 0.827. The van der Waals surface area contributed by atoms with Gasteiger partial charge in [-0.1, -0.05) is 6.92 Å². The highest BCUT2D eigenvalue weighted by molar-refractivity contribution is 6.30. The Hall–Kier alpha value is -0.280. The van der Waals surface area contributed by atoms with E-state index in [-0.39, 0.29) is 0 Å². The number of carbonyl (C=O) groups is 1. The van der Waals surface area contributed by atoms with Crippen LogP contribution in [0.4, 0.5) is 0 Å². The Bertz CT molecular complexity index is 127. The largest absolute Gasteiger partial charge is 0.465 e. The first-order chi connectivity index (χ1) is 5.13. The highest BCUT2D eigenvalue weighted by atomic mass is 35.5. The topological polar surface area (TPSA) is 46.5 Å². The van der Waals surface area contributed by atoms with Gasteiger partial charge in [-0.15, -0.1) is 11.6 Å². The molecule has 0 aromatic rings. The summed E-state index contributed by atoms with van der Waals surface area (Å²) in [6.07, 6.45) is -0.358. The zero-order valence-corrected chi connectivity index (χ0v) is 7.47. The molecule has 0 saturated carbocycles. The van der Waals surface area contributed by atoms with Crippen LogP contribution in [0.15, 0.2) is 0 Å². The van der Waals surface area contributed by atoms with Crippen LogP contribution in [0.1, 0.15) is 20.3 Å². The first-order valence-electron chi connectivity index (χ1n) is 3.62. The van der Waals surface area contributed by atoms with E-state index in [1.807, 2.05) is 0 Å². The van der Waals surface area contributed by atoms with E-state index >= 15 is 0 Å². The van der Waals surface area contributed by atoms with E-state index < -0.39 is 17.5 Å². The molecule has 0 aromatic carbocycles. The molecule has 0 aliphatic heterocycles. The molecule has 0 rings (SSSR count). The van der Waals surface area contributed by atoms with Gasteiger partial charge in [0.1, 0.15) is 0 Å². The lowest BCUT2D eigenvalue weighted by molar-refractivity contribution is -0.144. The Labute approximate surface area is 71.3 Å². The molecule has 0 fully saturated rings. The van der Waals surface area contributed by atoms with Gasteiger partial charge in [-0.3, -0.25) is 4.79 Å². The number of esters is 1. The quantitative estimate of drug-likeness (QED) is 0.517. The fourth-order valence-electron chi connectivity index (χ4n) is 0.586. The maximum atomic E-state index is 10.8. The number of ether oxygens (including phenoxy) is 1. The van der Waals surface area contributed by atoms with Gasteiger partial charge in [-0.25, -0.2) is 0 Å². The van der Waals surface area contributed by atoms with Crippen LogP contribution in [0.3, 0.4) is 0 Å². The number of hydrogen-bond acceptors (Lipinski definition) is 3. The molecule has 3 nitrogen and oxygen atoms in total. The number of alkyl halides is 1. The zero-order valence-electron chi connectivity index (χ0n) is 6.71. The predicted octanol–water partition coefficient (Wildman–Crippen LogP) is 0.928. The molecular weight excluding hydrogens is 168 g/mol. The fraction of sp³-hybridized carbons (Fsp3) is 0.857. The number of halogens is 1. The molecule has 0 saturated heterocycles. The van der Waals surface area contributed by atoms with E-state index in [9.17, 15) is 4.79 Å². The summed E-state index contributed by atoms with van der Waals surface area (Å²) >= 11 is 5.54. The van der Waals surface area contributed by atoms with Crippen molar-refractivity contribution in [1.82, 2.24) is 0 Å². The van der Waals surface area contributed by atoms with Gasteiger partial charge in [-0.05, 0) is 13.3 Å². The number of carbonyl (C=O) groups excluding carboxylic acids is 1. The standard InChI is InChI=1S/C7H13ClO3/c1-3-5(9)6(8)7(10)11-4-2/h5-6,9H,3-4H2,1-2H3/t5-,6-/m0/s1. The highest BCUT2D eigenvalue weighted by Gasteiger charge is 2.23. The van der Waals surface area contributed by atoms with Gasteiger partial charge in [0.25, 0.3) is 0 Å². The third kappa shape index (κ3) is 3.58. The average molecular weight is 181 g/mol. The van der Waals surface area contributed by atoms with Crippen molar-refractivity contribution in [2.45, 2.75) is 31.7 Å². The first-order valence-corrected chi connectivity index (χ1v) is 4.05. The summed E-state index contributed by atoms with van der Waals surface area (Å²) in [6.45, 7) is 3.73. The molecule has 0 spiro atoms. The molecule has 0 aliphatic carbocycles. The van der Waals surface area contributed by atoms with Crippen LogP contribution in [-0.4, -0.2) is 29.2 Å². The molecule has 1 N–H and O–H groups in total. The average Bonchev–Trinajstić information content (AvgIpc) is 2.02. The van der Waals surface area contributed by atoms with E-state index in [1.165, 1.54) is 0 Å². The zero-order chi connectivity index (χ0) is 8.85. The van der Waals surface area contributed by atoms with E-state index in [0.717, 1.165) is 0 Å². The van der Waals surface area contributed by atoms with Crippen LogP contribution < -0.4 is 0 Å². The normalized spacial score (nSPS) is 15.6. The Morgan fingerprint density at radius 3 is 2.55 bits per heavy atom. The summed E-state index contributed by atoms with van der Waals surface area (Å²) < 4.78 is 4.60. The summed E-state index contributed by atoms with van der Waals surface area (Å²) in [5.41, 5.74) is 0. The SMILES string of the molecule is CCOC(=O)[C@@H](Cl)[C@@H](O)CC. The van der Waals surface area contributed by atoms with Gasteiger partial charge >= 0.3 is 5.97 Å². The van der Waals surface area contributed by atoms with Gasteiger partial charge < -0.3 is 9.84 Å². The minimum atomic E-state index is -0.931. The Kier molecular flexibility index (Phi) is 5.24. The van der Waals surface area contributed by atoms with Crippen LogP contribution >= 0.6 is 11.6 Å².